The number of aryl methyl sites for hydroxylation is 1. The molecule has 2 nitrogen and oxygen atoms in total. The van der Waals surface area contributed by atoms with E-state index in [0.717, 1.165) is 11.6 Å². The molecule has 19 heavy (non-hydrogen) atoms. The summed E-state index contributed by atoms with van der Waals surface area (Å²) in [5.41, 5.74) is 1.19. The molecule has 1 aromatic carbocycles. The van der Waals surface area contributed by atoms with Crippen LogP contribution in [0.1, 0.15) is 28.5 Å². The van der Waals surface area contributed by atoms with Crippen molar-refractivity contribution >= 4 is 5.78 Å². The number of carbonyl (C=O) groups excluding carboxylic acids is 1. The summed E-state index contributed by atoms with van der Waals surface area (Å²) in [7, 11) is 0. The summed E-state index contributed by atoms with van der Waals surface area (Å²) < 4.78 is 26.6. The molecule has 0 amide bonds. The monoisotopic (exact) mass is 261 g/mol. The number of Topliss-reactive ketones (excluding diaryl/α,β-unsaturated/α-hetero) is 1. The van der Waals surface area contributed by atoms with Crippen LogP contribution in [0.3, 0.4) is 0 Å². The lowest BCUT2D eigenvalue weighted by Gasteiger charge is -2.06. The molecule has 0 aliphatic carbocycles. The van der Waals surface area contributed by atoms with Crippen LogP contribution in [-0.4, -0.2) is 10.8 Å². The molecule has 0 radical (unpaired) electrons. The summed E-state index contributed by atoms with van der Waals surface area (Å²) in [6.45, 7) is 1.91. The van der Waals surface area contributed by atoms with Gasteiger partial charge in [0.05, 0.1) is 0 Å². The Hall–Kier alpha value is -2.10. The first kappa shape index (κ1) is 13.3. The van der Waals surface area contributed by atoms with Gasteiger partial charge in [0.15, 0.2) is 17.4 Å². The van der Waals surface area contributed by atoms with Crippen molar-refractivity contribution in [2.75, 3.05) is 0 Å². The van der Waals surface area contributed by atoms with Crippen LogP contribution < -0.4 is 0 Å². The van der Waals surface area contributed by atoms with E-state index in [4.69, 9.17) is 0 Å². The van der Waals surface area contributed by atoms with E-state index >= 15 is 0 Å². The predicted octanol–water partition coefficient (Wildman–Crippen LogP) is 3.35. The van der Waals surface area contributed by atoms with Crippen LogP contribution in [0.2, 0.25) is 0 Å². The summed E-state index contributed by atoms with van der Waals surface area (Å²) in [4.78, 5) is 16.1. The van der Waals surface area contributed by atoms with Gasteiger partial charge in [0.1, 0.15) is 5.69 Å². The van der Waals surface area contributed by atoms with Crippen LogP contribution in [-0.2, 0) is 12.8 Å². The van der Waals surface area contributed by atoms with E-state index in [0.29, 0.717) is 12.1 Å². The van der Waals surface area contributed by atoms with Crippen LogP contribution in [0, 0.1) is 11.6 Å². The molecule has 0 unspecified atom stereocenters. The molecule has 0 aliphatic heterocycles. The zero-order valence-electron chi connectivity index (χ0n) is 10.5. The number of benzene rings is 1. The van der Waals surface area contributed by atoms with Crippen molar-refractivity contribution in [3.63, 3.8) is 0 Å². The molecule has 0 bridgehead atoms. The minimum Gasteiger partial charge on any atom is -0.292 e. The molecular weight excluding hydrogens is 248 g/mol. The molecule has 0 N–H and O–H groups in total. The number of hydrogen-bond acceptors (Lipinski definition) is 2. The zero-order chi connectivity index (χ0) is 13.8. The Bertz CT molecular complexity index is 611. The number of halogens is 2. The van der Waals surface area contributed by atoms with Crippen LogP contribution in [0.25, 0.3) is 0 Å². The third-order valence-electron chi connectivity index (χ3n) is 2.92. The second-order valence-electron chi connectivity index (χ2n) is 4.18. The van der Waals surface area contributed by atoms with E-state index in [1.807, 2.05) is 13.0 Å². The molecule has 0 aliphatic rings. The van der Waals surface area contributed by atoms with Crippen LogP contribution >= 0.6 is 0 Å². The third kappa shape index (κ3) is 2.84. The van der Waals surface area contributed by atoms with Crippen LogP contribution in [0.5, 0.6) is 0 Å². The Kier molecular flexibility index (Phi) is 4.00. The molecule has 0 fully saturated rings. The highest BCUT2D eigenvalue weighted by atomic mass is 19.2. The predicted molar refractivity (Wildman–Crippen MR) is 68.0 cm³/mol. The van der Waals surface area contributed by atoms with E-state index in [-0.39, 0.29) is 17.8 Å². The summed E-state index contributed by atoms with van der Waals surface area (Å²) in [6, 6.07) is 7.38. The number of pyridine rings is 1. The van der Waals surface area contributed by atoms with Gasteiger partial charge in [-0.05, 0) is 29.7 Å². The molecule has 0 saturated carbocycles. The standard InChI is InChI=1S/C15H13F2NO/c1-2-10-6-4-8-18-15(10)13(19)9-11-5-3-7-12(16)14(11)17/h3-8H,2,9H2,1H3. The van der Waals surface area contributed by atoms with Gasteiger partial charge >= 0.3 is 0 Å². The summed E-state index contributed by atoms with van der Waals surface area (Å²) in [5.74, 6) is -2.21. The van der Waals surface area contributed by atoms with E-state index in [9.17, 15) is 13.6 Å². The first-order valence-electron chi connectivity index (χ1n) is 6.03. The van der Waals surface area contributed by atoms with Gasteiger partial charge in [-0.25, -0.2) is 8.78 Å². The fourth-order valence-corrected chi connectivity index (χ4v) is 1.92. The van der Waals surface area contributed by atoms with Gasteiger partial charge in [0, 0.05) is 12.6 Å². The first-order chi connectivity index (χ1) is 9.13. The van der Waals surface area contributed by atoms with E-state index in [2.05, 4.69) is 4.98 Å². The Balaban J connectivity index is 2.28. The fraction of sp³-hybridized carbons (Fsp3) is 0.200. The molecule has 0 spiro atoms. The van der Waals surface area contributed by atoms with Crippen molar-refractivity contribution < 1.29 is 13.6 Å². The van der Waals surface area contributed by atoms with Gasteiger partial charge in [-0.2, -0.15) is 0 Å². The number of nitrogens with zero attached hydrogens (tertiary/aromatic N) is 1. The zero-order valence-corrected chi connectivity index (χ0v) is 10.5. The third-order valence-corrected chi connectivity index (χ3v) is 2.92. The molecular formula is C15H13F2NO. The number of aromatic nitrogens is 1. The maximum atomic E-state index is 13.5. The second-order valence-corrected chi connectivity index (χ2v) is 4.18. The fourth-order valence-electron chi connectivity index (χ4n) is 1.92. The van der Waals surface area contributed by atoms with Crippen molar-refractivity contribution in [1.82, 2.24) is 4.98 Å². The SMILES string of the molecule is CCc1cccnc1C(=O)Cc1cccc(F)c1F. The van der Waals surface area contributed by atoms with Crippen LogP contribution in [0.15, 0.2) is 36.5 Å². The lowest BCUT2D eigenvalue weighted by atomic mass is 10.0. The van der Waals surface area contributed by atoms with Gasteiger partial charge in [0.25, 0.3) is 0 Å². The highest BCUT2D eigenvalue weighted by Crippen LogP contribution is 2.15. The topological polar surface area (TPSA) is 30.0 Å². The lowest BCUT2D eigenvalue weighted by molar-refractivity contribution is 0.0986. The lowest BCUT2D eigenvalue weighted by Crippen LogP contribution is -2.10. The number of hydrogen-bond donors (Lipinski definition) is 0. The maximum absolute atomic E-state index is 13.5. The van der Waals surface area contributed by atoms with Gasteiger partial charge in [0.2, 0.25) is 0 Å². The van der Waals surface area contributed by atoms with Gasteiger partial charge in [-0.1, -0.05) is 25.1 Å². The van der Waals surface area contributed by atoms with E-state index < -0.39 is 11.6 Å². The average Bonchev–Trinajstić information content (AvgIpc) is 2.43. The largest absolute Gasteiger partial charge is 0.292 e. The summed E-state index contributed by atoms with van der Waals surface area (Å²) in [6.07, 6.45) is 2.00. The molecule has 0 atom stereocenters. The van der Waals surface area contributed by atoms with Gasteiger partial charge in [-0.3, -0.25) is 9.78 Å². The number of ketones is 1. The number of rotatable bonds is 4. The van der Waals surface area contributed by atoms with E-state index in [1.165, 1.54) is 18.3 Å². The maximum Gasteiger partial charge on any atom is 0.185 e. The minimum atomic E-state index is -0.968. The Morgan fingerprint density at radius 1 is 1.16 bits per heavy atom. The van der Waals surface area contributed by atoms with E-state index in [1.54, 1.807) is 6.07 Å². The highest BCUT2D eigenvalue weighted by Gasteiger charge is 2.16. The van der Waals surface area contributed by atoms with Crippen molar-refractivity contribution in [2.24, 2.45) is 0 Å². The molecule has 1 aromatic heterocycles. The van der Waals surface area contributed by atoms with Gasteiger partial charge < -0.3 is 0 Å². The van der Waals surface area contributed by atoms with Gasteiger partial charge in [-0.15, -0.1) is 0 Å². The molecule has 4 heteroatoms. The Morgan fingerprint density at radius 2 is 1.89 bits per heavy atom. The smallest absolute Gasteiger partial charge is 0.185 e. The molecule has 2 aromatic rings. The molecule has 0 saturated heterocycles. The van der Waals surface area contributed by atoms with Crippen molar-refractivity contribution in [3.05, 3.63) is 65.0 Å². The molecule has 2 rings (SSSR count). The second kappa shape index (κ2) is 5.69. The first-order valence-corrected chi connectivity index (χ1v) is 6.03. The Morgan fingerprint density at radius 3 is 2.63 bits per heavy atom. The van der Waals surface area contributed by atoms with Crippen LogP contribution in [0.4, 0.5) is 8.78 Å². The summed E-state index contributed by atoms with van der Waals surface area (Å²) >= 11 is 0. The Labute approximate surface area is 110 Å². The molecule has 1 heterocycles. The quantitative estimate of drug-likeness (QED) is 0.790. The normalized spacial score (nSPS) is 10.5. The molecule has 98 valence electrons. The van der Waals surface area contributed by atoms with Crippen molar-refractivity contribution in [1.29, 1.82) is 0 Å². The summed E-state index contributed by atoms with van der Waals surface area (Å²) in [5, 5.41) is 0. The average molecular weight is 261 g/mol. The minimum absolute atomic E-state index is 0.0534. The van der Waals surface area contributed by atoms with Crippen molar-refractivity contribution in [3.8, 4) is 0 Å². The van der Waals surface area contributed by atoms with Crippen molar-refractivity contribution in [2.45, 2.75) is 19.8 Å². The highest BCUT2D eigenvalue weighted by molar-refractivity contribution is 5.97. The number of carbonyl (C=O) groups is 1.